The molecule has 0 aromatic carbocycles. The standard InChI is InChI=1S/C15H20N4O5/c1-9-5-12(19-24-9)15(23)17-7-13(21)18-11(8-20)6-10-3-2-4-16-14(10)22/h5,8,10-11H,2-4,6-7H2,1H3,(H,16,22)(H,17,23)(H,18,21)/t10-,11-/m0/s1. The maximum atomic E-state index is 11.8. The van der Waals surface area contributed by atoms with E-state index in [9.17, 15) is 19.2 Å². The maximum Gasteiger partial charge on any atom is 0.273 e. The molecule has 1 aliphatic rings. The molecular formula is C15H20N4O5. The molecule has 0 bridgehead atoms. The van der Waals surface area contributed by atoms with Crippen LogP contribution in [0.25, 0.3) is 0 Å². The van der Waals surface area contributed by atoms with E-state index in [-0.39, 0.29) is 30.5 Å². The van der Waals surface area contributed by atoms with Crippen LogP contribution in [0.3, 0.4) is 0 Å². The molecule has 2 rings (SSSR count). The van der Waals surface area contributed by atoms with Crippen LogP contribution in [0.4, 0.5) is 0 Å². The van der Waals surface area contributed by atoms with Crippen molar-refractivity contribution in [1.29, 1.82) is 0 Å². The number of aldehydes is 1. The van der Waals surface area contributed by atoms with Crippen LogP contribution < -0.4 is 16.0 Å². The molecule has 9 heteroatoms. The summed E-state index contributed by atoms with van der Waals surface area (Å²) in [7, 11) is 0. The minimum absolute atomic E-state index is 0.0751. The number of amides is 3. The summed E-state index contributed by atoms with van der Waals surface area (Å²) in [5.41, 5.74) is 0.0751. The summed E-state index contributed by atoms with van der Waals surface area (Å²) >= 11 is 0. The van der Waals surface area contributed by atoms with Crippen LogP contribution in [0.5, 0.6) is 0 Å². The van der Waals surface area contributed by atoms with Crippen molar-refractivity contribution in [2.24, 2.45) is 5.92 Å². The lowest BCUT2D eigenvalue weighted by molar-refractivity contribution is -0.128. The minimum atomic E-state index is -0.766. The molecule has 0 spiro atoms. The summed E-state index contributed by atoms with van der Waals surface area (Å²) in [6.45, 7) is 1.99. The second-order valence-electron chi connectivity index (χ2n) is 5.68. The molecule has 130 valence electrons. The summed E-state index contributed by atoms with van der Waals surface area (Å²) in [6, 6.07) is 0.681. The topological polar surface area (TPSA) is 130 Å². The lowest BCUT2D eigenvalue weighted by atomic mass is 9.92. The lowest BCUT2D eigenvalue weighted by Crippen LogP contribution is -2.46. The van der Waals surface area contributed by atoms with E-state index in [1.165, 1.54) is 6.07 Å². The predicted molar refractivity (Wildman–Crippen MR) is 81.9 cm³/mol. The number of hydrogen-bond donors (Lipinski definition) is 3. The van der Waals surface area contributed by atoms with Crippen LogP contribution >= 0.6 is 0 Å². The molecule has 0 unspecified atom stereocenters. The van der Waals surface area contributed by atoms with Gasteiger partial charge in [-0.2, -0.15) is 0 Å². The third kappa shape index (κ3) is 4.90. The number of nitrogens with zero attached hydrogens (tertiary/aromatic N) is 1. The Morgan fingerprint density at radius 3 is 2.96 bits per heavy atom. The molecule has 9 nitrogen and oxygen atoms in total. The molecule has 0 aliphatic carbocycles. The fourth-order valence-electron chi connectivity index (χ4n) is 2.50. The molecule has 3 N–H and O–H groups in total. The van der Waals surface area contributed by atoms with Crippen LogP contribution in [0, 0.1) is 12.8 Å². The first kappa shape index (κ1) is 17.6. The Hall–Kier alpha value is -2.71. The quantitative estimate of drug-likeness (QED) is 0.565. The Morgan fingerprint density at radius 2 is 2.33 bits per heavy atom. The van der Waals surface area contributed by atoms with Gasteiger partial charge in [-0.3, -0.25) is 14.4 Å². The van der Waals surface area contributed by atoms with Crippen LogP contribution in [0.1, 0.15) is 35.5 Å². The molecule has 24 heavy (non-hydrogen) atoms. The van der Waals surface area contributed by atoms with Gasteiger partial charge >= 0.3 is 0 Å². The molecule has 1 aromatic rings. The highest BCUT2D eigenvalue weighted by molar-refractivity contribution is 5.95. The third-order valence-electron chi connectivity index (χ3n) is 3.72. The van der Waals surface area contributed by atoms with Gasteiger partial charge < -0.3 is 25.3 Å². The van der Waals surface area contributed by atoms with Crippen molar-refractivity contribution in [2.45, 2.75) is 32.2 Å². The largest absolute Gasteiger partial charge is 0.361 e. The van der Waals surface area contributed by atoms with E-state index in [0.717, 1.165) is 6.42 Å². The second-order valence-corrected chi connectivity index (χ2v) is 5.68. The van der Waals surface area contributed by atoms with Gasteiger partial charge in [0.05, 0.1) is 12.6 Å². The summed E-state index contributed by atoms with van der Waals surface area (Å²) in [5.74, 6) is -0.969. The average molecular weight is 336 g/mol. The number of aryl methyl sites for hydroxylation is 1. The summed E-state index contributed by atoms with van der Waals surface area (Å²) < 4.78 is 4.77. The van der Waals surface area contributed by atoms with E-state index in [1.54, 1.807) is 6.92 Å². The minimum Gasteiger partial charge on any atom is -0.361 e. The van der Waals surface area contributed by atoms with Crippen LogP contribution in [-0.2, 0) is 14.4 Å². The SMILES string of the molecule is Cc1cc(C(=O)NCC(=O)N[C@H](C=O)C[C@@H]2CCCNC2=O)no1. The zero-order valence-electron chi connectivity index (χ0n) is 13.3. The van der Waals surface area contributed by atoms with Crippen LogP contribution in [0.2, 0.25) is 0 Å². The first-order valence-corrected chi connectivity index (χ1v) is 7.73. The molecule has 2 atom stereocenters. The van der Waals surface area contributed by atoms with E-state index in [2.05, 4.69) is 21.1 Å². The third-order valence-corrected chi connectivity index (χ3v) is 3.72. The number of nitrogens with one attached hydrogen (secondary N) is 3. The highest BCUT2D eigenvalue weighted by atomic mass is 16.5. The van der Waals surface area contributed by atoms with Crippen molar-refractivity contribution in [3.05, 3.63) is 17.5 Å². The lowest BCUT2D eigenvalue weighted by Gasteiger charge is -2.24. The normalized spacial score (nSPS) is 18.4. The Labute approximate surface area is 138 Å². The molecule has 1 saturated heterocycles. The Kier molecular flexibility index (Phi) is 6.05. The number of carbonyl (C=O) groups excluding carboxylic acids is 4. The molecule has 2 heterocycles. The number of carbonyl (C=O) groups is 4. The van der Waals surface area contributed by atoms with Crippen molar-refractivity contribution in [2.75, 3.05) is 13.1 Å². The molecule has 1 aliphatic heterocycles. The van der Waals surface area contributed by atoms with Gasteiger partial charge in [-0.1, -0.05) is 5.16 Å². The van der Waals surface area contributed by atoms with Gasteiger partial charge in [0.25, 0.3) is 5.91 Å². The van der Waals surface area contributed by atoms with Crippen LogP contribution in [0.15, 0.2) is 10.6 Å². The van der Waals surface area contributed by atoms with Crippen molar-refractivity contribution in [3.63, 3.8) is 0 Å². The number of rotatable bonds is 7. The monoisotopic (exact) mass is 336 g/mol. The van der Waals surface area contributed by atoms with Crippen molar-refractivity contribution in [1.82, 2.24) is 21.1 Å². The van der Waals surface area contributed by atoms with Crippen molar-refractivity contribution in [3.8, 4) is 0 Å². The first-order chi connectivity index (χ1) is 11.5. The fourth-order valence-corrected chi connectivity index (χ4v) is 2.50. The molecule has 3 amide bonds. The number of piperidine rings is 1. The van der Waals surface area contributed by atoms with Crippen molar-refractivity contribution >= 4 is 24.0 Å². The highest BCUT2D eigenvalue weighted by Crippen LogP contribution is 2.16. The molecule has 1 aromatic heterocycles. The van der Waals surface area contributed by atoms with Crippen LogP contribution in [-0.4, -0.2) is 48.3 Å². The number of hydrogen-bond acceptors (Lipinski definition) is 6. The Morgan fingerprint density at radius 1 is 1.54 bits per heavy atom. The zero-order chi connectivity index (χ0) is 17.5. The molecule has 1 fully saturated rings. The van der Waals surface area contributed by atoms with Gasteiger partial charge in [-0.05, 0) is 26.2 Å². The summed E-state index contributed by atoms with van der Waals surface area (Å²) in [6.07, 6.45) is 2.39. The molecular weight excluding hydrogens is 316 g/mol. The van der Waals surface area contributed by atoms with E-state index < -0.39 is 17.9 Å². The smallest absolute Gasteiger partial charge is 0.273 e. The van der Waals surface area contributed by atoms with Gasteiger partial charge in [-0.25, -0.2) is 0 Å². The summed E-state index contributed by atoms with van der Waals surface area (Å²) in [4.78, 5) is 46.4. The average Bonchev–Trinajstić information content (AvgIpc) is 3.00. The van der Waals surface area contributed by atoms with Gasteiger partial charge in [0.2, 0.25) is 11.8 Å². The molecule has 0 saturated carbocycles. The van der Waals surface area contributed by atoms with Gasteiger partial charge in [0, 0.05) is 18.5 Å². The van der Waals surface area contributed by atoms with Gasteiger partial charge in [0.1, 0.15) is 12.0 Å². The zero-order valence-corrected chi connectivity index (χ0v) is 13.3. The maximum absolute atomic E-state index is 11.8. The van der Waals surface area contributed by atoms with Crippen molar-refractivity contribution < 1.29 is 23.7 Å². The van der Waals surface area contributed by atoms with E-state index >= 15 is 0 Å². The van der Waals surface area contributed by atoms with E-state index in [0.29, 0.717) is 25.0 Å². The highest BCUT2D eigenvalue weighted by Gasteiger charge is 2.26. The van der Waals surface area contributed by atoms with E-state index in [1.807, 2.05) is 0 Å². The Bertz CT molecular complexity index is 627. The Balaban J connectivity index is 1.78. The predicted octanol–water partition coefficient (Wildman–Crippen LogP) is -0.687. The second kappa shape index (κ2) is 8.23. The summed E-state index contributed by atoms with van der Waals surface area (Å²) in [5, 5.41) is 11.2. The molecule has 0 radical (unpaired) electrons. The number of aromatic nitrogens is 1. The van der Waals surface area contributed by atoms with E-state index in [4.69, 9.17) is 4.52 Å². The first-order valence-electron chi connectivity index (χ1n) is 7.73. The van der Waals surface area contributed by atoms with Gasteiger partial charge in [0.15, 0.2) is 5.69 Å². The fraction of sp³-hybridized carbons (Fsp3) is 0.533. The van der Waals surface area contributed by atoms with Gasteiger partial charge in [-0.15, -0.1) is 0 Å².